The van der Waals surface area contributed by atoms with Crippen LogP contribution in [0.15, 0.2) is 35.7 Å². The van der Waals surface area contributed by atoms with E-state index in [0.717, 1.165) is 24.2 Å². The van der Waals surface area contributed by atoms with E-state index < -0.39 is 0 Å². The molecule has 0 saturated heterocycles. The van der Waals surface area contributed by atoms with E-state index in [0.29, 0.717) is 12.8 Å². The van der Waals surface area contributed by atoms with E-state index in [4.69, 9.17) is 5.73 Å². The van der Waals surface area contributed by atoms with Gasteiger partial charge in [0.15, 0.2) is 0 Å². The predicted octanol–water partition coefficient (Wildman–Crippen LogP) is 3.83. The average Bonchev–Trinajstić information content (AvgIpc) is 2.96. The van der Waals surface area contributed by atoms with Gasteiger partial charge < -0.3 is 10.6 Å². The van der Waals surface area contributed by atoms with E-state index in [2.05, 4.69) is 18.4 Å². The molecule has 0 bridgehead atoms. The first kappa shape index (κ1) is 16.8. The van der Waals surface area contributed by atoms with Crippen LogP contribution in [0.1, 0.15) is 35.4 Å². The van der Waals surface area contributed by atoms with Gasteiger partial charge in [-0.1, -0.05) is 18.2 Å². The Morgan fingerprint density at radius 2 is 2.14 bits per heavy atom. The molecular formula is C17H21ClN2OS. The van der Waals surface area contributed by atoms with E-state index in [1.807, 2.05) is 29.2 Å². The number of halogens is 1. The van der Waals surface area contributed by atoms with Crippen LogP contribution in [-0.4, -0.2) is 17.4 Å². The molecule has 1 aliphatic rings. The van der Waals surface area contributed by atoms with Crippen molar-refractivity contribution in [1.82, 2.24) is 4.90 Å². The number of nitrogens with two attached hydrogens (primary N) is 1. The zero-order chi connectivity index (χ0) is 14.8. The van der Waals surface area contributed by atoms with Gasteiger partial charge in [0.05, 0.1) is 6.04 Å². The third-order valence-electron chi connectivity index (χ3n) is 4.26. The lowest BCUT2D eigenvalue weighted by molar-refractivity contribution is -0.133. The second kappa shape index (κ2) is 7.16. The summed E-state index contributed by atoms with van der Waals surface area (Å²) in [4.78, 5) is 16.0. The van der Waals surface area contributed by atoms with Gasteiger partial charge in [-0.05, 0) is 48.4 Å². The van der Waals surface area contributed by atoms with E-state index in [-0.39, 0.29) is 24.4 Å². The summed E-state index contributed by atoms with van der Waals surface area (Å²) in [6.45, 7) is 2.96. The molecule has 0 saturated carbocycles. The maximum atomic E-state index is 12.5. The molecule has 118 valence electrons. The molecule has 22 heavy (non-hydrogen) atoms. The van der Waals surface area contributed by atoms with Crippen molar-refractivity contribution < 1.29 is 4.79 Å². The van der Waals surface area contributed by atoms with Gasteiger partial charge in [0.1, 0.15) is 0 Å². The molecule has 0 radical (unpaired) electrons. The number of amides is 1. The summed E-state index contributed by atoms with van der Waals surface area (Å²) in [5.74, 6) is 0.225. The topological polar surface area (TPSA) is 46.3 Å². The highest BCUT2D eigenvalue weighted by molar-refractivity contribution is 7.10. The average molecular weight is 337 g/mol. The molecular weight excluding hydrogens is 316 g/mol. The monoisotopic (exact) mass is 336 g/mol. The van der Waals surface area contributed by atoms with Gasteiger partial charge in [0.2, 0.25) is 5.91 Å². The summed E-state index contributed by atoms with van der Waals surface area (Å²) in [6.07, 6.45) is 2.22. The highest BCUT2D eigenvalue weighted by Gasteiger charge is 2.27. The number of rotatable bonds is 3. The number of fused-ring (bicyclic) bond motifs is 1. The maximum absolute atomic E-state index is 12.5. The molecule has 2 aromatic rings. The van der Waals surface area contributed by atoms with E-state index in [9.17, 15) is 4.79 Å². The predicted molar refractivity (Wildman–Crippen MR) is 94.6 cm³/mol. The van der Waals surface area contributed by atoms with Crippen molar-refractivity contribution in [2.75, 3.05) is 12.3 Å². The van der Waals surface area contributed by atoms with Crippen LogP contribution in [0.2, 0.25) is 0 Å². The molecule has 3 rings (SSSR count). The first-order valence-corrected chi connectivity index (χ1v) is 8.24. The highest BCUT2D eigenvalue weighted by atomic mass is 35.5. The van der Waals surface area contributed by atoms with Crippen LogP contribution in [0.3, 0.4) is 0 Å². The molecule has 0 spiro atoms. The Kier molecular flexibility index (Phi) is 5.48. The summed E-state index contributed by atoms with van der Waals surface area (Å²) < 4.78 is 0. The molecule has 2 heterocycles. The highest BCUT2D eigenvalue weighted by Crippen LogP contribution is 2.33. The van der Waals surface area contributed by atoms with Crippen LogP contribution in [0.25, 0.3) is 0 Å². The van der Waals surface area contributed by atoms with Gasteiger partial charge in [-0.2, -0.15) is 0 Å². The SMILES string of the molecule is CC1c2ccsc2CCN1C(=O)CCc1ccccc1N.Cl. The Morgan fingerprint density at radius 1 is 1.36 bits per heavy atom. The molecule has 5 heteroatoms. The molecule has 2 N–H and O–H groups in total. The van der Waals surface area contributed by atoms with Crippen molar-refractivity contribution in [3.63, 3.8) is 0 Å². The number of carbonyl (C=O) groups is 1. The molecule has 1 unspecified atom stereocenters. The Bertz CT molecular complexity index is 656. The first-order chi connectivity index (χ1) is 10.2. The minimum Gasteiger partial charge on any atom is -0.399 e. The summed E-state index contributed by atoms with van der Waals surface area (Å²) in [6, 6.07) is 10.1. The molecule has 1 aromatic carbocycles. The van der Waals surface area contributed by atoms with Crippen molar-refractivity contribution >= 4 is 35.3 Å². The van der Waals surface area contributed by atoms with Crippen molar-refractivity contribution in [1.29, 1.82) is 0 Å². The molecule has 1 aliphatic heterocycles. The van der Waals surface area contributed by atoms with Gasteiger partial charge >= 0.3 is 0 Å². The number of anilines is 1. The Balaban J connectivity index is 0.00000176. The zero-order valence-electron chi connectivity index (χ0n) is 12.6. The zero-order valence-corrected chi connectivity index (χ0v) is 14.3. The number of benzene rings is 1. The fourth-order valence-corrected chi connectivity index (χ4v) is 3.96. The van der Waals surface area contributed by atoms with Crippen LogP contribution in [0.5, 0.6) is 0 Å². The number of aryl methyl sites for hydroxylation is 1. The number of hydrogen-bond donors (Lipinski definition) is 1. The molecule has 1 atom stereocenters. The number of nitrogen functional groups attached to an aromatic ring is 1. The van der Waals surface area contributed by atoms with Gasteiger partial charge in [-0.25, -0.2) is 0 Å². The number of nitrogens with zero attached hydrogens (tertiary/aromatic N) is 1. The minimum atomic E-state index is 0. The van der Waals surface area contributed by atoms with E-state index in [1.54, 1.807) is 11.3 Å². The Labute approximate surface area is 141 Å². The fourth-order valence-electron chi connectivity index (χ4n) is 3.00. The first-order valence-electron chi connectivity index (χ1n) is 7.36. The van der Waals surface area contributed by atoms with Gasteiger partial charge in [-0.15, -0.1) is 23.7 Å². The summed E-state index contributed by atoms with van der Waals surface area (Å²) >= 11 is 1.80. The maximum Gasteiger partial charge on any atom is 0.223 e. The number of hydrogen-bond acceptors (Lipinski definition) is 3. The quantitative estimate of drug-likeness (QED) is 0.866. The van der Waals surface area contributed by atoms with Crippen LogP contribution < -0.4 is 5.73 Å². The van der Waals surface area contributed by atoms with E-state index in [1.165, 1.54) is 10.4 Å². The molecule has 0 aliphatic carbocycles. The second-order valence-electron chi connectivity index (χ2n) is 5.51. The van der Waals surface area contributed by atoms with Gasteiger partial charge in [0.25, 0.3) is 0 Å². The Hall–Kier alpha value is -1.52. The van der Waals surface area contributed by atoms with Crippen LogP contribution in [-0.2, 0) is 17.6 Å². The van der Waals surface area contributed by atoms with Crippen LogP contribution >= 0.6 is 23.7 Å². The largest absolute Gasteiger partial charge is 0.399 e. The van der Waals surface area contributed by atoms with Crippen LogP contribution in [0.4, 0.5) is 5.69 Å². The summed E-state index contributed by atoms with van der Waals surface area (Å²) in [5.41, 5.74) is 9.09. The second-order valence-corrected chi connectivity index (χ2v) is 6.51. The summed E-state index contributed by atoms with van der Waals surface area (Å²) in [5, 5.41) is 2.12. The normalized spacial score (nSPS) is 16.8. The number of para-hydroxylation sites is 1. The third-order valence-corrected chi connectivity index (χ3v) is 5.26. The summed E-state index contributed by atoms with van der Waals surface area (Å²) in [7, 11) is 0. The Morgan fingerprint density at radius 3 is 2.91 bits per heavy atom. The van der Waals surface area contributed by atoms with Crippen molar-refractivity contribution in [2.45, 2.75) is 32.2 Å². The lowest BCUT2D eigenvalue weighted by atomic mass is 10.00. The molecule has 1 aromatic heterocycles. The fraction of sp³-hybridized carbons (Fsp3) is 0.353. The standard InChI is InChI=1S/C17H20N2OS.ClH/c1-12-14-9-11-21-16(14)8-10-19(12)17(20)7-6-13-4-2-3-5-15(13)18;/h2-5,9,11-12H,6-8,10,18H2,1H3;1H. The third kappa shape index (κ3) is 3.28. The molecule has 0 fully saturated rings. The van der Waals surface area contributed by atoms with E-state index >= 15 is 0 Å². The number of carbonyl (C=O) groups excluding carboxylic acids is 1. The molecule has 3 nitrogen and oxygen atoms in total. The lowest BCUT2D eigenvalue weighted by Gasteiger charge is -2.33. The lowest BCUT2D eigenvalue weighted by Crippen LogP contribution is -2.38. The minimum absolute atomic E-state index is 0. The smallest absolute Gasteiger partial charge is 0.223 e. The van der Waals surface area contributed by atoms with Crippen molar-refractivity contribution in [3.05, 3.63) is 51.7 Å². The van der Waals surface area contributed by atoms with Gasteiger partial charge in [-0.3, -0.25) is 4.79 Å². The van der Waals surface area contributed by atoms with Crippen molar-refractivity contribution in [2.24, 2.45) is 0 Å². The van der Waals surface area contributed by atoms with Gasteiger partial charge in [0, 0.05) is 23.5 Å². The van der Waals surface area contributed by atoms with Crippen LogP contribution in [0, 0.1) is 0 Å². The molecule has 1 amide bonds. The number of thiophene rings is 1. The van der Waals surface area contributed by atoms with Crippen molar-refractivity contribution in [3.8, 4) is 0 Å².